The van der Waals surface area contributed by atoms with E-state index in [9.17, 15) is 4.46 Å². The third kappa shape index (κ3) is 8.84. The van der Waals surface area contributed by atoms with Crippen molar-refractivity contribution in [2.45, 2.75) is 0 Å². The Hall–Kier alpha value is 0.343. The van der Waals surface area contributed by atoms with Crippen molar-refractivity contribution < 1.29 is 16.6 Å². The molecule has 0 aliphatic heterocycles. The summed E-state index contributed by atoms with van der Waals surface area (Å²) >= 11 is 0. The Morgan fingerprint density at radius 2 is 2.17 bits per heavy atom. The molecular formula is H5MgNO3Si. The van der Waals surface area contributed by atoms with Gasteiger partial charge in [-0.1, -0.05) is 0 Å². The summed E-state index contributed by atoms with van der Waals surface area (Å²) in [6.07, 6.45) is 0. The van der Waals surface area contributed by atoms with Gasteiger partial charge in [-0.25, -0.2) is 0 Å². The summed E-state index contributed by atoms with van der Waals surface area (Å²) in [5, 5.41) is 0. The SMILES string of the molecule is NO[Si](=O)O.[H-].[H-].[Mg+2]. The first-order valence-electron chi connectivity index (χ1n) is 0.868. The van der Waals surface area contributed by atoms with Gasteiger partial charge >= 0.3 is 32.2 Å². The molecule has 0 rings (SSSR count). The van der Waals surface area contributed by atoms with Gasteiger partial charge in [0.2, 0.25) is 0 Å². The first kappa shape index (κ1) is 9.60. The van der Waals surface area contributed by atoms with Gasteiger partial charge in [-0.15, -0.1) is 0 Å². The summed E-state index contributed by atoms with van der Waals surface area (Å²) in [5.74, 6) is 4.15. The molecule has 34 valence electrons. The summed E-state index contributed by atoms with van der Waals surface area (Å²) in [4.78, 5) is 7.56. The second-order valence-corrected chi connectivity index (χ2v) is 1.15. The Morgan fingerprint density at radius 1 is 2.00 bits per heavy atom. The maximum absolute atomic E-state index is 9.21. The standard InChI is InChI=1S/Mg.H3NO3Si.2H/c;1-4-5(2)3;;/h;2H,1H2;;/q+2;;2*-1. The van der Waals surface area contributed by atoms with E-state index in [-0.39, 0.29) is 25.9 Å². The van der Waals surface area contributed by atoms with E-state index in [0.29, 0.717) is 0 Å². The van der Waals surface area contributed by atoms with Gasteiger partial charge in [0.1, 0.15) is 0 Å². The zero-order valence-corrected chi connectivity index (χ0v) is 5.46. The van der Waals surface area contributed by atoms with Gasteiger partial charge in [-0.05, 0) is 0 Å². The van der Waals surface area contributed by atoms with Crippen LogP contribution in [-0.4, -0.2) is 37.0 Å². The van der Waals surface area contributed by atoms with Crippen molar-refractivity contribution in [1.29, 1.82) is 0 Å². The average molecular weight is 119 g/mol. The maximum atomic E-state index is 9.21. The molecule has 0 heterocycles. The van der Waals surface area contributed by atoms with Crippen LogP contribution in [0.25, 0.3) is 0 Å². The largest absolute Gasteiger partial charge is 2.00 e. The monoisotopic (exact) mass is 119 g/mol. The molecule has 0 aromatic rings. The van der Waals surface area contributed by atoms with Crippen molar-refractivity contribution in [1.82, 2.24) is 0 Å². The summed E-state index contributed by atoms with van der Waals surface area (Å²) < 4.78 is 12.6. The third-order valence-corrected chi connectivity index (χ3v) is 0.302. The quantitative estimate of drug-likeness (QED) is 0.313. The Bertz CT molecular complexity index is 52.5. The summed E-state index contributed by atoms with van der Waals surface area (Å²) in [6, 6.07) is 0. The number of nitrogens with two attached hydrogens (primary N) is 1. The smallest absolute Gasteiger partial charge is 1.00 e. The minimum absolute atomic E-state index is 0. The van der Waals surface area contributed by atoms with E-state index in [1.165, 1.54) is 0 Å². The van der Waals surface area contributed by atoms with Crippen LogP contribution in [0.3, 0.4) is 0 Å². The average Bonchev–Trinajstić information content (AvgIpc) is 1.38. The second kappa shape index (κ2) is 5.34. The molecule has 0 fully saturated rings. The molecule has 0 atom stereocenters. The molecule has 4 nitrogen and oxygen atoms in total. The maximum Gasteiger partial charge on any atom is 2.00 e. The number of rotatable bonds is 1. The van der Waals surface area contributed by atoms with E-state index < -0.39 is 9.17 Å². The Balaban J connectivity index is -0.0000000267. The predicted molar refractivity (Wildman–Crippen MR) is 21.9 cm³/mol. The molecule has 0 amide bonds. The molecule has 0 unspecified atom stereocenters. The van der Waals surface area contributed by atoms with E-state index in [0.717, 1.165) is 0 Å². The first-order chi connectivity index (χ1) is 2.27. The molecule has 6 heavy (non-hydrogen) atoms. The van der Waals surface area contributed by atoms with Crippen molar-refractivity contribution in [2.75, 3.05) is 0 Å². The van der Waals surface area contributed by atoms with Gasteiger partial charge in [0.25, 0.3) is 0 Å². The molecular weight excluding hydrogens is 114 g/mol. The minimum atomic E-state index is -2.85. The molecule has 0 aliphatic rings. The van der Waals surface area contributed by atoms with Gasteiger partial charge in [0, 0.05) is 0 Å². The normalized spacial score (nSPS) is 5.50. The van der Waals surface area contributed by atoms with E-state index in [1.807, 2.05) is 0 Å². The molecule has 0 saturated carbocycles. The van der Waals surface area contributed by atoms with Crippen LogP contribution < -0.4 is 5.90 Å². The molecule has 3 N–H and O–H groups in total. The van der Waals surface area contributed by atoms with Crippen LogP contribution in [0.2, 0.25) is 0 Å². The zero-order valence-electron chi connectivity index (χ0n) is 5.05. The summed E-state index contributed by atoms with van der Waals surface area (Å²) in [5.41, 5.74) is 0. The van der Waals surface area contributed by atoms with Crippen molar-refractivity contribution in [3.05, 3.63) is 0 Å². The van der Waals surface area contributed by atoms with E-state index in [2.05, 4.69) is 10.4 Å². The predicted octanol–water partition coefficient (Wildman–Crippen LogP) is -1.87. The van der Waals surface area contributed by atoms with Crippen LogP contribution in [-0.2, 0) is 8.99 Å². The van der Waals surface area contributed by atoms with Gasteiger partial charge < -0.3 is 12.2 Å². The third-order valence-electron chi connectivity index (χ3n) is 0.101. The Kier molecular flexibility index (Phi) is 8.55. The van der Waals surface area contributed by atoms with Crippen molar-refractivity contribution in [3.63, 3.8) is 0 Å². The number of hydrogen-bond acceptors (Lipinski definition) is 3. The van der Waals surface area contributed by atoms with E-state index in [1.54, 1.807) is 0 Å². The molecule has 0 saturated heterocycles. The molecule has 0 aliphatic carbocycles. The van der Waals surface area contributed by atoms with Crippen molar-refractivity contribution in [2.24, 2.45) is 5.90 Å². The molecule has 6 heteroatoms. The first-order valence-corrected chi connectivity index (χ1v) is 2.13. The minimum Gasteiger partial charge on any atom is -1.00 e. The van der Waals surface area contributed by atoms with Gasteiger partial charge in [0.15, 0.2) is 0 Å². The Labute approximate surface area is 55.3 Å². The molecule has 0 aromatic carbocycles. The molecule has 0 aromatic heterocycles. The van der Waals surface area contributed by atoms with Crippen LogP contribution in [0.4, 0.5) is 0 Å². The van der Waals surface area contributed by atoms with Crippen molar-refractivity contribution >= 4 is 32.2 Å². The fourth-order valence-electron chi connectivity index (χ4n) is 0. The topological polar surface area (TPSA) is 72.5 Å². The van der Waals surface area contributed by atoms with Crippen LogP contribution in [0.5, 0.6) is 0 Å². The van der Waals surface area contributed by atoms with Crippen LogP contribution >= 0.6 is 0 Å². The molecule has 0 spiro atoms. The Morgan fingerprint density at radius 3 is 2.17 bits per heavy atom. The summed E-state index contributed by atoms with van der Waals surface area (Å²) in [6.45, 7) is 0. The van der Waals surface area contributed by atoms with Crippen LogP contribution in [0.1, 0.15) is 2.85 Å². The van der Waals surface area contributed by atoms with Gasteiger partial charge in [-0.2, -0.15) is 5.90 Å². The summed E-state index contributed by atoms with van der Waals surface area (Å²) in [7, 11) is -2.85. The van der Waals surface area contributed by atoms with Crippen LogP contribution in [0, 0.1) is 0 Å². The van der Waals surface area contributed by atoms with Gasteiger partial charge in [0.05, 0.1) is 0 Å². The fraction of sp³-hybridized carbons (Fsp3) is 0. The van der Waals surface area contributed by atoms with Crippen LogP contribution in [0.15, 0.2) is 0 Å². The van der Waals surface area contributed by atoms with E-state index >= 15 is 0 Å². The zero-order chi connectivity index (χ0) is 4.28. The van der Waals surface area contributed by atoms with Gasteiger partial charge in [-0.3, -0.25) is 4.46 Å². The number of hydrogen-bond donors (Lipinski definition) is 2. The van der Waals surface area contributed by atoms with E-state index in [4.69, 9.17) is 4.80 Å². The molecule has 0 bridgehead atoms. The second-order valence-electron chi connectivity index (χ2n) is 0.384. The van der Waals surface area contributed by atoms with Crippen molar-refractivity contribution in [3.8, 4) is 0 Å². The molecule has 0 radical (unpaired) electrons. The fourth-order valence-corrected chi connectivity index (χ4v) is 0.